The Kier molecular flexibility index (Phi) is 3.89. The predicted octanol–water partition coefficient (Wildman–Crippen LogP) is 1.77. The number of thioether (sulfide) groups is 1. The molecular formula is C15H29N3S. The maximum atomic E-state index is 6.27. The summed E-state index contributed by atoms with van der Waals surface area (Å²) in [4.78, 5) is 5.46. The quantitative estimate of drug-likeness (QED) is 0.837. The van der Waals surface area contributed by atoms with Crippen molar-refractivity contribution in [2.75, 3.05) is 38.5 Å². The molecule has 0 amide bonds. The van der Waals surface area contributed by atoms with Gasteiger partial charge in [0.05, 0.1) is 0 Å². The van der Waals surface area contributed by atoms with Crippen LogP contribution in [-0.2, 0) is 0 Å². The molecule has 3 aliphatic rings. The lowest BCUT2D eigenvalue weighted by Gasteiger charge is -2.53. The van der Waals surface area contributed by atoms with E-state index in [1.807, 2.05) is 0 Å². The number of fused-ring (bicyclic) bond motifs is 1. The van der Waals surface area contributed by atoms with Gasteiger partial charge in [-0.25, -0.2) is 0 Å². The van der Waals surface area contributed by atoms with Gasteiger partial charge >= 0.3 is 0 Å². The molecule has 0 radical (unpaired) electrons. The van der Waals surface area contributed by atoms with Gasteiger partial charge in [0, 0.05) is 48.3 Å². The molecule has 3 aliphatic heterocycles. The first-order chi connectivity index (χ1) is 9.05. The molecule has 4 heteroatoms. The molecule has 110 valence electrons. The lowest BCUT2D eigenvalue weighted by atomic mass is 9.81. The minimum Gasteiger partial charge on any atom is -0.329 e. The first-order valence-corrected chi connectivity index (χ1v) is 8.86. The molecule has 19 heavy (non-hydrogen) atoms. The summed E-state index contributed by atoms with van der Waals surface area (Å²) in [6.45, 7) is 10.7. The molecule has 3 heterocycles. The first-order valence-electron chi connectivity index (χ1n) is 7.88. The van der Waals surface area contributed by atoms with Crippen molar-refractivity contribution >= 4 is 11.8 Å². The zero-order chi connectivity index (χ0) is 13.5. The molecule has 0 aliphatic carbocycles. The van der Waals surface area contributed by atoms with E-state index in [2.05, 4.69) is 35.4 Å². The van der Waals surface area contributed by atoms with Crippen LogP contribution in [0.1, 0.15) is 39.5 Å². The van der Waals surface area contributed by atoms with E-state index in [4.69, 9.17) is 5.73 Å². The van der Waals surface area contributed by atoms with Gasteiger partial charge in [0.1, 0.15) is 0 Å². The SMILES string of the molecule is CC1(C)CN(C2(CN)CCN3CCCC3C2)CCS1. The minimum absolute atomic E-state index is 0.295. The Morgan fingerprint density at radius 1 is 1.26 bits per heavy atom. The summed E-state index contributed by atoms with van der Waals surface area (Å²) in [6, 6.07) is 0.815. The van der Waals surface area contributed by atoms with Crippen molar-refractivity contribution in [2.24, 2.45) is 5.73 Å². The Bertz CT molecular complexity index is 333. The van der Waals surface area contributed by atoms with Crippen LogP contribution in [0.5, 0.6) is 0 Å². The Labute approximate surface area is 122 Å². The van der Waals surface area contributed by atoms with Gasteiger partial charge in [0.2, 0.25) is 0 Å². The summed E-state index contributed by atoms with van der Waals surface area (Å²) in [5, 5.41) is 0. The lowest BCUT2D eigenvalue weighted by molar-refractivity contribution is 0.00768. The highest BCUT2D eigenvalue weighted by Crippen LogP contribution is 2.40. The normalized spacial score (nSPS) is 40.3. The molecule has 2 atom stereocenters. The molecule has 0 spiro atoms. The molecule has 0 aromatic carbocycles. The van der Waals surface area contributed by atoms with Gasteiger partial charge < -0.3 is 10.6 Å². The molecule has 0 aromatic rings. The van der Waals surface area contributed by atoms with Crippen LogP contribution in [0.2, 0.25) is 0 Å². The summed E-state index contributed by atoms with van der Waals surface area (Å²) >= 11 is 2.12. The molecule has 3 rings (SSSR count). The average Bonchev–Trinajstić information content (AvgIpc) is 2.84. The van der Waals surface area contributed by atoms with Crippen LogP contribution in [0, 0.1) is 0 Å². The van der Waals surface area contributed by atoms with Crippen molar-refractivity contribution in [1.29, 1.82) is 0 Å². The lowest BCUT2D eigenvalue weighted by Crippen LogP contribution is -2.64. The van der Waals surface area contributed by atoms with E-state index in [1.54, 1.807) is 0 Å². The molecule has 0 saturated carbocycles. The van der Waals surface area contributed by atoms with Gasteiger partial charge in [-0.2, -0.15) is 11.8 Å². The van der Waals surface area contributed by atoms with Gasteiger partial charge in [0.25, 0.3) is 0 Å². The van der Waals surface area contributed by atoms with Crippen molar-refractivity contribution in [2.45, 2.75) is 55.9 Å². The maximum Gasteiger partial charge on any atom is 0.0359 e. The second-order valence-corrected chi connectivity index (χ2v) is 9.05. The largest absolute Gasteiger partial charge is 0.329 e. The topological polar surface area (TPSA) is 32.5 Å². The van der Waals surface area contributed by atoms with Gasteiger partial charge in [-0.3, -0.25) is 4.90 Å². The minimum atomic E-state index is 0.295. The van der Waals surface area contributed by atoms with Gasteiger partial charge in [-0.1, -0.05) is 0 Å². The van der Waals surface area contributed by atoms with Crippen molar-refractivity contribution < 1.29 is 0 Å². The van der Waals surface area contributed by atoms with Gasteiger partial charge in [-0.15, -0.1) is 0 Å². The van der Waals surface area contributed by atoms with Gasteiger partial charge in [-0.05, 0) is 46.1 Å². The highest BCUT2D eigenvalue weighted by molar-refractivity contribution is 8.00. The number of piperidine rings is 1. The fraction of sp³-hybridized carbons (Fsp3) is 1.00. The van der Waals surface area contributed by atoms with E-state index in [0.717, 1.165) is 12.6 Å². The molecule has 3 nitrogen and oxygen atoms in total. The predicted molar refractivity (Wildman–Crippen MR) is 83.7 cm³/mol. The van der Waals surface area contributed by atoms with Crippen molar-refractivity contribution in [1.82, 2.24) is 9.80 Å². The number of hydrogen-bond acceptors (Lipinski definition) is 4. The second kappa shape index (κ2) is 5.21. The van der Waals surface area contributed by atoms with Crippen LogP contribution >= 0.6 is 11.8 Å². The maximum absolute atomic E-state index is 6.27. The number of nitrogens with zero attached hydrogens (tertiary/aromatic N) is 2. The Morgan fingerprint density at radius 3 is 2.84 bits per heavy atom. The smallest absolute Gasteiger partial charge is 0.0359 e. The average molecular weight is 283 g/mol. The van der Waals surface area contributed by atoms with Crippen LogP contribution in [0.25, 0.3) is 0 Å². The van der Waals surface area contributed by atoms with Crippen molar-refractivity contribution in [3.8, 4) is 0 Å². The zero-order valence-corrected chi connectivity index (χ0v) is 13.3. The van der Waals surface area contributed by atoms with Crippen LogP contribution in [0.4, 0.5) is 0 Å². The number of hydrogen-bond donors (Lipinski definition) is 1. The molecule has 0 bridgehead atoms. The third-order valence-corrected chi connectivity index (χ3v) is 6.75. The second-order valence-electron chi connectivity index (χ2n) is 7.24. The fourth-order valence-electron chi connectivity index (χ4n) is 4.34. The van der Waals surface area contributed by atoms with Crippen molar-refractivity contribution in [3.05, 3.63) is 0 Å². The highest BCUT2D eigenvalue weighted by Gasteiger charge is 2.46. The first kappa shape index (κ1) is 14.2. The van der Waals surface area contributed by atoms with E-state index in [-0.39, 0.29) is 0 Å². The third-order valence-electron chi connectivity index (χ3n) is 5.46. The number of nitrogens with two attached hydrogens (primary N) is 1. The Balaban J connectivity index is 1.75. The Morgan fingerprint density at radius 2 is 2.11 bits per heavy atom. The van der Waals surface area contributed by atoms with Crippen molar-refractivity contribution in [3.63, 3.8) is 0 Å². The molecule has 3 fully saturated rings. The molecule has 0 aromatic heterocycles. The van der Waals surface area contributed by atoms with E-state index >= 15 is 0 Å². The van der Waals surface area contributed by atoms with E-state index in [0.29, 0.717) is 10.3 Å². The molecule has 2 N–H and O–H groups in total. The molecular weight excluding hydrogens is 254 g/mol. The number of rotatable bonds is 2. The summed E-state index contributed by atoms with van der Waals surface area (Å²) in [7, 11) is 0. The Hall–Kier alpha value is 0.230. The highest BCUT2D eigenvalue weighted by atomic mass is 32.2. The van der Waals surface area contributed by atoms with Crippen LogP contribution < -0.4 is 5.73 Å². The van der Waals surface area contributed by atoms with E-state index in [9.17, 15) is 0 Å². The summed E-state index contributed by atoms with van der Waals surface area (Å²) in [5.41, 5.74) is 6.57. The standard InChI is InChI=1S/C15H29N3S/c1-14(2)12-18(8-9-19-14)15(11-16)5-7-17-6-3-4-13(17)10-15/h13H,3-12,16H2,1-2H3. The van der Waals surface area contributed by atoms with Crippen LogP contribution in [0.3, 0.4) is 0 Å². The van der Waals surface area contributed by atoms with Crippen LogP contribution in [0.15, 0.2) is 0 Å². The fourth-order valence-corrected chi connectivity index (χ4v) is 5.45. The molecule has 2 unspecified atom stereocenters. The summed E-state index contributed by atoms with van der Waals surface area (Å²) < 4.78 is 0.396. The summed E-state index contributed by atoms with van der Waals surface area (Å²) in [5.74, 6) is 1.27. The zero-order valence-electron chi connectivity index (χ0n) is 12.5. The third kappa shape index (κ3) is 2.69. The van der Waals surface area contributed by atoms with E-state index in [1.165, 1.54) is 57.6 Å². The van der Waals surface area contributed by atoms with Gasteiger partial charge in [0.15, 0.2) is 0 Å². The molecule has 3 saturated heterocycles. The monoisotopic (exact) mass is 283 g/mol. The summed E-state index contributed by atoms with van der Waals surface area (Å²) in [6.07, 6.45) is 5.38. The van der Waals surface area contributed by atoms with E-state index < -0.39 is 0 Å². The van der Waals surface area contributed by atoms with Crippen LogP contribution in [-0.4, -0.2) is 64.6 Å².